The molecule has 5 heterocycles. The molecule has 1 fully saturated rings. The number of nitrogens with zero attached hydrogens (tertiary/aromatic N) is 5. The molecular formula is C40H41Cl2N5O6. The van der Waals surface area contributed by atoms with Crippen LogP contribution in [0, 0.1) is 6.92 Å². The summed E-state index contributed by atoms with van der Waals surface area (Å²) in [5, 5.41) is 9.98. The zero-order valence-corrected chi connectivity index (χ0v) is 31.1. The first-order chi connectivity index (χ1) is 24.9. The Morgan fingerprint density at radius 3 is 2.25 bits per heavy atom. The summed E-state index contributed by atoms with van der Waals surface area (Å²) in [6, 6.07) is 23.8. The number of halogens is 2. The molecule has 0 bridgehead atoms. The zero-order chi connectivity index (χ0) is 35.1. The lowest BCUT2D eigenvalue weighted by Crippen LogP contribution is -2.52. The Balaban J connectivity index is 0.00000240. The van der Waals surface area contributed by atoms with Crippen LogP contribution < -0.4 is 14.4 Å². The summed E-state index contributed by atoms with van der Waals surface area (Å²) in [5.41, 5.74) is 6.63. The topological polar surface area (TPSA) is 110 Å². The number of carbonyl (C=O) groups excluding carboxylic acids is 2. The maximum Gasteiger partial charge on any atom is 0.264 e. The van der Waals surface area contributed by atoms with E-state index in [-0.39, 0.29) is 55.2 Å². The summed E-state index contributed by atoms with van der Waals surface area (Å²) in [4.78, 5) is 39.6. The average molecular weight is 759 g/mol. The molecular weight excluding hydrogens is 717 g/mol. The highest BCUT2D eigenvalue weighted by Gasteiger charge is 2.35. The number of aromatic nitrogens is 2. The van der Waals surface area contributed by atoms with Gasteiger partial charge < -0.3 is 28.8 Å². The van der Waals surface area contributed by atoms with Crippen LogP contribution in [0.4, 0.5) is 11.4 Å². The summed E-state index contributed by atoms with van der Waals surface area (Å²) in [6.07, 6.45) is 4.02. The van der Waals surface area contributed by atoms with Crippen molar-refractivity contribution in [3.05, 3.63) is 119 Å². The molecule has 1 atom stereocenters. The largest absolute Gasteiger partial charge is 0.508 e. The fourth-order valence-electron chi connectivity index (χ4n) is 7.33. The Bertz CT molecular complexity index is 2100. The van der Waals surface area contributed by atoms with Crippen LogP contribution in [0.15, 0.2) is 91.3 Å². The Hall–Kier alpha value is -5.07. The minimum atomic E-state index is -0.266. The van der Waals surface area contributed by atoms with Crippen molar-refractivity contribution in [2.24, 2.45) is 7.05 Å². The van der Waals surface area contributed by atoms with Gasteiger partial charge in [0.2, 0.25) is 6.79 Å². The highest BCUT2D eigenvalue weighted by atomic mass is 35.5. The standard InChI is InChI=1S/C40H39N5O6.2ClH/c1-26-33(40(48)45(30-11-13-41-14-12-30)29-7-9-32(46)10-8-29)20-36(42(26)2)34-21-37-38(51-25-50-37)22-35(34)39(47)44-23-28-6-4-3-5-27(28)19-31(44)24-43-15-17-49-18-16-43;;/h3-14,20-22,31,46H,15-19,23-25H2,1-2H3;2*1H/t31-;;/m0../s1. The van der Waals surface area contributed by atoms with Crippen LogP contribution in [0.2, 0.25) is 0 Å². The molecule has 8 rings (SSSR count). The smallest absolute Gasteiger partial charge is 0.264 e. The summed E-state index contributed by atoms with van der Waals surface area (Å²) in [7, 11) is 1.90. The van der Waals surface area contributed by atoms with Crippen molar-refractivity contribution in [2.75, 3.05) is 44.5 Å². The van der Waals surface area contributed by atoms with Gasteiger partial charge in [-0.1, -0.05) is 24.3 Å². The lowest BCUT2D eigenvalue weighted by molar-refractivity contribution is 0.0193. The molecule has 0 aliphatic carbocycles. The second kappa shape index (κ2) is 15.9. The van der Waals surface area contributed by atoms with Crippen molar-refractivity contribution in [3.63, 3.8) is 0 Å². The van der Waals surface area contributed by atoms with Gasteiger partial charge in [-0.05, 0) is 79.1 Å². The number of phenolic OH excluding ortho intramolecular Hbond substituents is 1. The zero-order valence-electron chi connectivity index (χ0n) is 29.4. The number of hydrogen-bond donors (Lipinski definition) is 1. The molecule has 1 N–H and O–H groups in total. The number of anilines is 2. The molecule has 0 unspecified atom stereocenters. The second-order valence-electron chi connectivity index (χ2n) is 13.2. The number of rotatable bonds is 7. The summed E-state index contributed by atoms with van der Waals surface area (Å²) in [5.74, 6) is 0.791. The lowest BCUT2D eigenvalue weighted by atomic mass is 9.92. The van der Waals surface area contributed by atoms with Gasteiger partial charge >= 0.3 is 0 Å². The normalized spacial score (nSPS) is 16.3. The van der Waals surface area contributed by atoms with E-state index in [1.807, 2.05) is 41.6 Å². The predicted octanol–water partition coefficient (Wildman–Crippen LogP) is 6.55. The van der Waals surface area contributed by atoms with Gasteiger partial charge in [-0.3, -0.25) is 24.4 Å². The number of ether oxygens (including phenoxy) is 3. The molecule has 2 amide bonds. The van der Waals surface area contributed by atoms with Gasteiger partial charge in [-0.15, -0.1) is 24.8 Å². The highest BCUT2D eigenvalue weighted by Crippen LogP contribution is 2.41. The molecule has 0 saturated carbocycles. The van der Waals surface area contributed by atoms with Crippen LogP contribution in [-0.4, -0.2) is 82.0 Å². The van der Waals surface area contributed by atoms with Crippen LogP contribution in [-0.2, 0) is 24.8 Å². The average Bonchev–Trinajstić information content (AvgIpc) is 3.75. The number of amides is 2. The molecule has 53 heavy (non-hydrogen) atoms. The third-order valence-corrected chi connectivity index (χ3v) is 10.2. The van der Waals surface area contributed by atoms with Gasteiger partial charge in [0.15, 0.2) is 11.5 Å². The minimum Gasteiger partial charge on any atom is -0.508 e. The van der Waals surface area contributed by atoms with E-state index in [9.17, 15) is 14.7 Å². The van der Waals surface area contributed by atoms with Crippen molar-refractivity contribution < 1.29 is 28.9 Å². The molecule has 3 aliphatic heterocycles. The Morgan fingerprint density at radius 2 is 1.53 bits per heavy atom. The summed E-state index contributed by atoms with van der Waals surface area (Å²) in [6.45, 7) is 6.21. The van der Waals surface area contributed by atoms with E-state index in [0.717, 1.165) is 37.3 Å². The first-order valence-electron chi connectivity index (χ1n) is 17.2. The number of pyridine rings is 1. The van der Waals surface area contributed by atoms with Crippen molar-refractivity contribution >= 4 is 48.0 Å². The van der Waals surface area contributed by atoms with Gasteiger partial charge in [-0.25, -0.2) is 0 Å². The number of fused-ring (bicyclic) bond motifs is 2. The number of phenols is 1. The fourth-order valence-corrected chi connectivity index (χ4v) is 7.33. The molecule has 0 spiro atoms. The molecule has 2 aromatic heterocycles. The molecule has 1 saturated heterocycles. The van der Waals surface area contributed by atoms with E-state index in [2.05, 4.69) is 28.1 Å². The maximum absolute atomic E-state index is 15.0. The van der Waals surface area contributed by atoms with E-state index < -0.39 is 0 Å². The first kappa shape index (κ1) is 37.7. The van der Waals surface area contributed by atoms with Crippen LogP contribution in [0.25, 0.3) is 11.3 Å². The fraction of sp³-hybridized carbons (Fsp3) is 0.275. The van der Waals surface area contributed by atoms with E-state index in [1.54, 1.807) is 59.8 Å². The second-order valence-corrected chi connectivity index (χ2v) is 13.2. The van der Waals surface area contributed by atoms with Crippen molar-refractivity contribution in [2.45, 2.75) is 25.9 Å². The number of aromatic hydroxyl groups is 1. The molecule has 11 nitrogen and oxygen atoms in total. The third kappa shape index (κ3) is 7.30. The van der Waals surface area contributed by atoms with Gasteiger partial charge in [0.05, 0.1) is 30.0 Å². The molecule has 5 aromatic rings. The third-order valence-electron chi connectivity index (χ3n) is 10.2. The van der Waals surface area contributed by atoms with Crippen molar-refractivity contribution in [1.29, 1.82) is 0 Å². The molecule has 3 aliphatic rings. The van der Waals surface area contributed by atoms with Crippen LogP contribution >= 0.6 is 24.8 Å². The molecule has 276 valence electrons. The maximum atomic E-state index is 15.0. The number of hydrogen-bond acceptors (Lipinski definition) is 8. The minimum absolute atomic E-state index is 0. The van der Waals surface area contributed by atoms with E-state index >= 15 is 0 Å². The predicted molar refractivity (Wildman–Crippen MR) is 206 cm³/mol. The van der Waals surface area contributed by atoms with Crippen LogP contribution in [0.1, 0.15) is 37.5 Å². The van der Waals surface area contributed by atoms with E-state index in [0.29, 0.717) is 65.0 Å². The highest BCUT2D eigenvalue weighted by molar-refractivity contribution is 6.12. The van der Waals surface area contributed by atoms with Crippen LogP contribution in [0.5, 0.6) is 17.2 Å². The van der Waals surface area contributed by atoms with E-state index in [1.165, 1.54) is 5.56 Å². The number of carbonyl (C=O) groups is 2. The first-order valence-corrected chi connectivity index (χ1v) is 17.2. The van der Waals surface area contributed by atoms with Gasteiger partial charge in [-0.2, -0.15) is 0 Å². The lowest BCUT2D eigenvalue weighted by Gasteiger charge is -2.40. The quantitative estimate of drug-likeness (QED) is 0.199. The Labute approximate surface area is 320 Å². The van der Waals surface area contributed by atoms with Crippen LogP contribution in [0.3, 0.4) is 0 Å². The number of morpholine rings is 1. The van der Waals surface area contributed by atoms with E-state index in [4.69, 9.17) is 14.2 Å². The SMILES string of the molecule is Cc1c(C(=O)N(c2ccncc2)c2ccc(O)cc2)cc(-c2cc3c(cc2C(=O)N2Cc4ccccc4C[C@H]2CN2CCOCC2)OCO3)n1C.Cl.Cl. The van der Waals surface area contributed by atoms with Gasteiger partial charge in [0.1, 0.15) is 5.75 Å². The number of benzene rings is 3. The Morgan fingerprint density at radius 1 is 0.868 bits per heavy atom. The molecule has 0 radical (unpaired) electrons. The van der Waals surface area contributed by atoms with Gasteiger partial charge in [0.25, 0.3) is 11.8 Å². The summed E-state index contributed by atoms with van der Waals surface area (Å²) < 4.78 is 19.2. The van der Waals surface area contributed by atoms with Crippen molar-refractivity contribution in [3.8, 4) is 28.5 Å². The van der Waals surface area contributed by atoms with Gasteiger partial charge in [0, 0.05) is 74.3 Å². The molecule has 3 aromatic carbocycles. The monoisotopic (exact) mass is 757 g/mol. The Kier molecular flexibility index (Phi) is 11.3. The van der Waals surface area contributed by atoms with Crippen molar-refractivity contribution in [1.82, 2.24) is 19.4 Å². The summed E-state index contributed by atoms with van der Waals surface area (Å²) >= 11 is 0. The molecule has 13 heteroatoms.